The molecule has 1 aromatic heterocycles. The normalized spacial score (nSPS) is 17.6. The molecule has 1 aliphatic heterocycles. The molecular weight excluding hydrogens is 255 g/mol. The summed E-state index contributed by atoms with van der Waals surface area (Å²) in [5, 5.41) is 3.28. The maximum Gasteiger partial charge on any atom is 0.142 e. The zero-order valence-electron chi connectivity index (χ0n) is 12.1. The second-order valence-electron chi connectivity index (χ2n) is 5.10. The minimum atomic E-state index is -0.330. The van der Waals surface area contributed by atoms with E-state index >= 15 is 0 Å². The number of nitrogens with one attached hydrogen (secondary N) is 1. The molecule has 1 saturated heterocycles. The molecule has 0 bridgehead atoms. The maximum atomic E-state index is 13.4. The molecule has 0 radical (unpaired) electrons. The summed E-state index contributed by atoms with van der Waals surface area (Å²) in [6.07, 6.45) is 4.84. The summed E-state index contributed by atoms with van der Waals surface area (Å²) < 4.78 is 18.9. The van der Waals surface area contributed by atoms with Crippen LogP contribution < -0.4 is 5.32 Å². The third-order valence-electron chi connectivity index (χ3n) is 3.59. The number of rotatable bonds is 4. The average molecular weight is 276 g/mol. The van der Waals surface area contributed by atoms with Crippen molar-refractivity contribution >= 4 is 5.57 Å². The van der Waals surface area contributed by atoms with Gasteiger partial charge >= 0.3 is 0 Å². The van der Waals surface area contributed by atoms with E-state index in [0.717, 1.165) is 48.5 Å². The van der Waals surface area contributed by atoms with E-state index in [0.29, 0.717) is 5.92 Å². The van der Waals surface area contributed by atoms with Gasteiger partial charge in [-0.3, -0.25) is 4.98 Å². The van der Waals surface area contributed by atoms with E-state index in [-0.39, 0.29) is 5.82 Å². The largest absolute Gasteiger partial charge is 0.391 e. The first-order valence-corrected chi connectivity index (χ1v) is 6.90. The second-order valence-corrected chi connectivity index (χ2v) is 5.10. The average Bonchev–Trinajstić information content (AvgIpc) is 2.45. The fraction of sp³-hybridized carbons (Fsp3) is 0.438. The van der Waals surface area contributed by atoms with Crippen LogP contribution in [0.1, 0.15) is 25.3 Å². The van der Waals surface area contributed by atoms with Crippen molar-refractivity contribution < 1.29 is 9.13 Å². The van der Waals surface area contributed by atoms with Gasteiger partial charge in [0.1, 0.15) is 5.82 Å². The predicted octanol–water partition coefficient (Wildman–Crippen LogP) is 3.15. The Bertz CT molecular complexity index is 519. The number of halogens is 1. The van der Waals surface area contributed by atoms with Gasteiger partial charge < -0.3 is 10.1 Å². The van der Waals surface area contributed by atoms with E-state index in [2.05, 4.69) is 16.9 Å². The van der Waals surface area contributed by atoms with Gasteiger partial charge in [0, 0.05) is 49.2 Å². The van der Waals surface area contributed by atoms with Crippen molar-refractivity contribution in [3.8, 4) is 0 Å². The highest BCUT2D eigenvalue weighted by molar-refractivity contribution is 5.80. The molecule has 2 rings (SSSR count). The Morgan fingerprint density at radius 1 is 1.40 bits per heavy atom. The molecule has 2 heterocycles. The number of aromatic nitrogens is 1. The highest BCUT2D eigenvalue weighted by atomic mass is 19.1. The summed E-state index contributed by atoms with van der Waals surface area (Å²) in [4.78, 5) is 3.95. The number of hydrogen-bond acceptors (Lipinski definition) is 3. The van der Waals surface area contributed by atoms with Crippen LogP contribution in [0.5, 0.6) is 0 Å². The van der Waals surface area contributed by atoms with Crippen molar-refractivity contribution in [2.24, 2.45) is 5.92 Å². The van der Waals surface area contributed by atoms with E-state index in [1.165, 1.54) is 12.3 Å². The monoisotopic (exact) mass is 276 g/mol. The van der Waals surface area contributed by atoms with Crippen LogP contribution >= 0.6 is 0 Å². The van der Waals surface area contributed by atoms with Gasteiger partial charge in [-0.15, -0.1) is 0 Å². The Balaban J connectivity index is 2.47. The highest BCUT2D eigenvalue weighted by Crippen LogP contribution is 2.32. The van der Waals surface area contributed by atoms with Crippen LogP contribution in [0.4, 0.5) is 4.39 Å². The van der Waals surface area contributed by atoms with E-state index in [4.69, 9.17) is 4.74 Å². The number of nitrogens with zero attached hydrogens (tertiary/aromatic N) is 1. The fourth-order valence-electron chi connectivity index (χ4n) is 2.70. The number of allylic oxidation sites excluding steroid dienone is 3. The van der Waals surface area contributed by atoms with Gasteiger partial charge in [0.15, 0.2) is 0 Å². The topological polar surface area (TPSA) is 34.1 Å². The summed E-state index contributed by atoms with van der Waals surface area (Å²) in [6, 6.07) is 1.51. The summed E-state index contributed by atoms with van der Waals surface area (Å²) in [5.74, 6) is 0.0624. The molecule has 20 heavy (non-hydrogen) atoms. The summed E-state index contributed by atoms with van der Waals surface area (Å²) in [7, 11) is 1.90. The number of hydrogen-bond donors (Lipinski definition) is 1. The van der Waals surface area contributed by atoms with Gasteiger partial charge in [0.25, 0.3) is 0 Å². The minimum Gasteiger partial charge on any atom is -0.391 e. The first kappa shape index (κ1) is 14.7. The van der Waals surface area contributed by atoms with Crippen molar-refractivity contribution in [2.75, 3.05) is 20.3 Å². The standard InChI is InChI=1S/C16H21FN2O/c1-11(2)15(13-8-14(17)10-19-9-13)16(18-3)12-4-6-20-7-5-12/h8-10,12,18H,1,4-7H2,2-3H3/b16-15+. The van der Waals surface area contributed by atoms with Gasteiger partial charge in [-0.1, -0.05) is 6.58 Å². The Morgan fingerprint density at radius 3 is 2.65 bits per heavy atom. The van der Waals surface area contributed by atoms with Crippen LogP contribution in [-0.2, 0) is 4.74 Å². The van der Waals surface area contributed by atoms with Gasteiger partial charge in [0.05, 0.1) is 6.20 Å². The van der Waals surface area contributed by atoms with E-state index < -0.39 is 0 Å². The van der Waals surface area contributed by atoms with Crippen LogP contribution in [0.15, 0.2) is 36.3 Å². The Kier molecular flexibility index (Phi) is 4.90. The molecule has 1 aromatic rings. The first-order valence-electron chi connectivity index (χ1n) is 6.90. The molecule has 1 fully saturated rings. The van der Waals surface area contributed by atoms with Crippen LogP contribution in [0.3, 0.4) is 0 Å². The Hall–Kier alpha value is -1.68. The fourth-order valence-corrected chi connectivity index (χ4v) is 2.70. The summed E-state index contributed by atoms with van der Waals surface area (Å²) in [6.45, 7) is 7.52. The molecular formula is C16H21FN2O. The van der Waals surface area contributed by atoms with Gasteiger partial charge in [-0.2, -0.15) is 0 Å². The number of pyridine rings is 1. The summed E-state index contributed by atoms with van der Waals surface area (Å²) >= 11 is 0. The third-order valence-corrected chi connectivity index (χ3v) is 3.59. The molecule has 0 aliphatic carbocycles. The molecule has 1 aliphatic rings. The molecule has 0 atom stereocenters. The SMILES string of the molecule is C=C(C)/C(=C(\NC)C1CCOCC1)c1cncc(F)c1. The lowest BCUT2D eigenvalue weighted by Crippen LogP contribution is -2.25. The van der Waals surface area contributed by atoms with Crippen molar-refractivity contribution in [1.29, 1.82) is 0 Å². The lowest BCUT2D eigenvalue weighted by molar-refractivity contribution is 0.0745. The van der Waals surface area contributed by atoms with Gasteiger partial charge in [0.2, 0.25) is 0 Å². The molecule has 1 N–H and O–H groups in total. The van der Waals surface area contributed by atoms with Gasteiger partial charge in [-0.25, -0.2) is 4.39 Å². The van der Waals surface area contributed by atoms with Crippen molar-refractivity contribution in [3.63, 3.8) is 0 Å². The minimum absolute atomic E-state index is 0.330. The van der Waals surface area contributed by atoms with Crippen LogP contribution in [0.25, 0.3) is 5.57 Å². The maximum absolute atomic E-state index is 13.4. The Morgan fingerprint density at radius 2 is 2.10 bits per heavy atom. The molecule has 0 amide bonds. The second kappa shape index (κ2) is 6.66. The molecule has 0 spiro atoms. The third kappa shape index (κ3) is 3.25. The van der Waals surface area contributed by atoms with Crippen LogP contribution in [-0.4, -0.2) is 25.2 Å². The molecule has 0 aromatic carbocycles. The molecule has 0 unspecified atom stereocenters. The van der Waals surface area contributed by atoms with Crippen molar-refractivity contribution in [1.82, 2.24) is 10.3 Å². The molecule has 0 saturated carbocycles. The van der Waals surface area contributed by atoms with E-state index in [1.807, 2.05) is 14.0 Å². The smallest absolute Gasteiger partial charge is 0.142 e. The summed E-state index contributed by atoms with van der Waals surface area (Å²) in [5.41, 5.74) is 3.75. The quantitative estimate of drug-likeness (QED) is 0.858. The molecule has 108 valence electrons. The highest BCUT2D eigenvalue weighted by Gasteiger charge is 2.22. The lowest BCUT2D eigenvalue weighted by Gasteiger charge is -2.27. The number of ether oxygens (including phenoxy) is 1. The molecule has 4 heteroatoms. The van der Waals surface area contributed by atoms with Crippen LogP contribution in [0.2, 0.25) is 0 Å². The van der Waals surface area contributed by atoms with Crippen LogP contribution in [0, 0.1) is 11.7 Å². The molecule has 3 nitrogen and oxygen atoms in total. The predicted molar refractivity (Wildman–Crippen MR) is 78.5 cm³/mol. The van der Waals surface area contributed by atoms with Crippen molar-refractivity contribution in [2.45, 2.75) is 19.8 Å². The zero-order valence-corrected chi connectivity index (χ0v) is 12.1. The van der Waals surface area contributed by atoms with E-state index in [9.17, 15) is 4.39 Å². The zero-order chi connectivity index (χ0) is 14.5. The van der Waals surface area contributed by atoms with Gasteiger partial charge in [-0.05, 0) is 31.4 Å². The Labute approximate surface area is 119 Å². The lowest BCUT2D eigenvalue weighted by atomic mass is 9.88. The van der Waals surface area contributed by atoms with E-state index in [1.54, 1.807) is 6.20 Å². The first-order chi connectivity index (χ1) is 9.63. The van der Waals surface area contributed by atoms with Crippen molar-refractivity contribution in [3.05, 3.63) is 47.7 Å².